The first-order valence-electron chi connectivity index (χ1n) is 12.0. The summed E-state index contributed by atoms with van der Waals surface area (Å²) in [5.74, 6) is -0.547. The van der Waals surface area contributed by atoms with E-state index in [0.717, 1.165) is 25.2 Å². The Morgan fingerprint density at radius 3 is 2.55 bits per heavy atom. The molecule has 3 aromatic rings. The summed E-state index contributed by atoms with van der Waals surface area (Å²) in [4.78, 5) is 26.3. The zero-order valence-electron chi connectivity index (χ0n) is 20.6. The lowest BCUT2D eigenvalue weighted by atomic mass is 9.96. The Labute approximate surface area is 222 Å². The molecule has 2 heterocycles. The van der Waals surface area contributed by atoms with E-state index in [1.807, 2.05) is 0 Å². The van der Waals surface area contributed by atoms with Crippen LogP contribution < -0.4 is 15.8 Å². The topological polar surface area (TPSA) is 102 Å². The quantitative estimate of drug-likeness (QED) is 0.428. The molecule has 1 aromatic heterocycles. The van der Waals surface area contributed by atoms with Crippen LogP contribution in [0.2, 0.25) is 5.02 Å². The van der Waals surface area contributed by atoms with Gasteiger partial charge in [0, 0.05) is 36.3 Å². The van der Waals surface area contributed by atoms with E-state index in [-0.39, 0.29) is 17.4 Å². The Kier molecular flexibility index (Phi) is 8.27. The molecule has 0 unspecified atom stereocenters. The maximum atomic E-state index is 13.1. The molecule has 0 aliphatic carbocycles. The third-order valence-corrected chi connectivity index (χ3v) is 6.77. The molecule has 0 radical (unpaired) electrons. The number of nitrogens with two attached hydrogens (primary N) is 1. The average molecular weight is 550 g/mol. The molecular weight excluding hydrogens is 523 g/mol. The molecule has 202 valence electrons. The Morgan fingerprint density at radius 2 is 1.92 bits per heavy atom. The van der Waals surface area contributed by atoms with E-state index in [4.69, 9.17) is 22.1 Å². The van der Waals surface area contributed by atoms with Gasteiger partial charge in [0.25, 0.3) is 5.91 Å². The molecule has 1 saturated heterocycles. The monoisotopic (exact) mass is 549 g/mol. The predicted molar refractivity (Wildman–Crippen MR) is 137 cm³/mol. The number of likely N-dealkylation sites (tertiary alicyclic amines) is 1. The largest absolute Gasteiger partial charge is 0.492 e. The Hall–Kier alpha value is -3.57. The molecule has 1 fully saturated rings. The van der Waals surface area contributed by atoms with Crippen molar-refractivity contribution in [3.8, 4) is 17.0 Å². The van der Waals surface area contributed by atoms with E-state index >= 15 is 0 Å². The number of amides is 2. The molecule has 2 aromatic carbocycles. The first kappa shape index (κ1) is 27.5. The molecule has 38 heavy (non-hydrogen) atoms. The molecule has 4 rings (SSSR count). The molecule has 0 atom stereocenters. The summed E-state index contributed by atoms with van der Waals surface area (Å²) in [6, 6.07) is 9.12. The number of nitrogens with zero attached hydrogens (tertiary/aromatic N) is 3. The van der Waals surface area contributed by atoms with Gasteiger partial charge < -0.3 is 15.8 Å². The average Bonchev–Trinajstić information content (AvgIpc) is 3.22. The minimum atomic E-state index is -4.56. The lowest BCUT2D eigenvalue weighted by Crippen LogP contribution is -2.40. The number of aryl methyl sites for hydroxylation is 1. The number of hydrogen-bond donors (Lipinski definition) is 2. The van der Waals surface area contributed by atoms with Crippen molar-refractivity contribution in [2.24, 2.45) is 18.7 Å². The third-order valence-electron chi connectivity index (χ3n) is 6.49. The van der Waals surface area contributed by atoms with Crippen LogP contribution >= 0.6 is 11.6 Å². The van der Waals surface area contributed by atoms with Gasteiger partial charge in [0.15, 0.2) is 0 Å². The lowest BCUT2D eigenvalue weighted by Gasteiger charge is -2.30. The molecule has 0 saturated carbocycles. The second-order valence-electron chi connectivity index (χ2n) is 9.08. The highest BCUT2D eigenvalue weighted by atomic mass is 35.5. The van der Waals surface area contributed by atoms with Crippen LogP contribution in [0.5, 0.6) is 5.75 Å². The van der Waals surface area contributed by atoms with Crippen molar-refractivity contribution in [2.45, 2.75) is 19.0 Å². The first-order valence-corrected chi connectivity index (χ1v) is 12.4. The Balaban J connectivity index is 1.50. The molecule has 1 aliphatic heterocycles. The number of anilines is 1. The number of piperidine rings is 1. The lowest BCUT2D eigenvalue weighted by molar-refractivity contribution is -0.137. The van der Waals surface area contributed by atoms with E-state index in [2.05, 4.69) is 15.3 Å². The molecule has 12 heteroatoms. The van der Waals surface area contributed by atoms with Crippen molar-refractivity contribution < 1.29 is 27.5 Å². The maximum Gasteiger partial charge on any atom is 0.416 e. The fraction of sp³-hybridized carbons (Fsp3) is 0.346. The summed E-state index contributed by atoms with van der Waals surface area (Å²) in [5, 5.41) is 7.18. The van der Waals surface area contributed by atoms with Gasteiger partial charge in [0.2, 0.25) is 5.91 Å². The summed E-state index contributed by atoms with van der Waals surface area (Å²) in [6.07, 6.45) is -1.65. The SMILES string of the molecule is Cn1ncc(Cl)c1-c1cc(NC(=O)c2cccc(C(F)(F)F)c2)ccc1OCCN1CCC(C(N)=O)CC1. The highest BCUT2D eigenvalue weighted by Crippen LogP contribution is 2.37. The number of carbonyl (C=O) groups excluding carboxylic acids is 2. The number of aromatic nitrogens is 2. The van der Waals surface area contributed by atoms with Crippen molar-refractivity contribution in [2.75, 3.05) is 31.6 Å². The van der Waals surface area contributed by atoms with E-state index in [0.29, 0.717) is 53.7 Å². The number of alkyl halides is 3. The van der Waals surface area contributed by atoms with Crippen LogP contribution in [0.1, 0.15) is 28.8 Å². The van der Waals surface area contributed by atoms with Crippen LogP contribution in [-0.2, 0) is 18.0 Å². The van der Waals surface area contributed by atoms with Gasteiger partial charge in [0.05, 0.1) is 22.5 Å². The van der Waals surface area contributed by atoms with E-state index in [1.165, 1.54) is 18.3 Å². The number of rotatable bonds is 8. The summed E-state index contributed by atoms with van der Waals surface area (Å²) >= 11 is 6.38. The van der Waals surface area contributed by atoms with Crippen molar-refractivity contribution in [1.29, 1.82) is 0 Å². The van der Waals surface area contributed by atoms with Crippen LogP contribution in [0.3, 0.4) is 0 Å². The van der Waals surface area contributed by atoms with Crippen molar-refractivity contribution in [3.05, 3.63) is 64.8 Å². The summed E-state index contributed by atoms with van der Waals surface area (Å²) < 4.78 is 46.9. The van der Waals surface area contributed by atoms with Crippen LogP contribution in [0.4, 0.5) is 18.9 Å². The van der Waals surface area contributed by atoms with Gasteiger partial charge in [-0.15, -0.1) is 0 Å². The molecule has 2 amide bonds. The van der Waals surface area contributed by atoms with Gasteiger partial charge in [0.1, 0.15) is 12.4 Å². The highest BCUT2D eigenvalue weighted by Gasteiger charge is 2.31. The second-order valence-corrected chi connectivity index (χ2v) is 9.48. The number of hydrogen-bond acceptors (Lipinski definition) is 5. The van der Waals surface area contributed by atoms with E-state index < -0.39 is 17.6 Å². The van der Waals surface area contributed by atoms with E-state index in [9.17, 15) is 22.8 Å². The minimum Gasteiger partial charge on any atom is -0.492 e. The van der Waals surface area contributed by atoms with Crippen molar-refractivity contribution >= 4 is 29.1 Å². The van der Waals surface area contributed by atoms with Gasteiger partial charge in [-0.1, -0.05) is 17.7 Å². The number of nitrogens with one attached hydrogen (secondary N) is 1. The maximum absolute atomic E-state index is 13.1. The summed E-state index contributed by atoms with van der Waals surface area (Å²) in [6.45, 7) is 2.49. The predicted octanol–water partition coefficient (Wildman–Crippen LogP) is 4.59. The highest BCUT2D eigenvalue weighted by molar-refractivity contribution is 6.33. The number of halogens is 4. The molecule has 0 bridgehead atoms. The van der Waals surface area contributed by atoms with Crippen LogP contribution in [-0.4, -0.2) is 52.7 Å². The van der Waals surface area contributed by atoms with Crippen molar-refractivity contribution in [1.82, 2.24) is 14.7 Å². The molecule has 0 spiro atoms. The van der Waals surface area contributed by atoms with Gasteiger partial charge in [-0.05, 0) is 62.3 Å². The summed E-state index contributed by atoms with van der Waals surface area (Å²) in [7, 11) is 1.71. The van der Waals surface area contributed by atoms with Gasteiger partial charge in [-0.25, -0.2) is 0 Å². The molecular formula is C26H27ClF3N5O3. The van der Waals surface area contributed by atoms with Crippen LogP contribution in [0.25, 0.3) is 11.3 Å². The fourth-order valence-electron chi connectivity index (χ4n) is 4.40. The smallest absolute Gasteiger partial charge is 0.416 e. The van der Waals surface area contributed by atoms with Gasteiger partial charge in [-0.3, -0.25) is 19.2 Å². The third kappa shape index (κ3) is 6.46. The van der Waals surface area contributed by atoms with Gasteiger partial charge in [-0.2, -0.15) is 18.3 Å². The normalized spacial score (nSPS) is 14.9. The minimum absolute atomic E-state index is 0.0931. The fourth-order valence-corrected chi connectivity index (χ4v) is 4.67. The number of primary amides is 1. The zero-order valence-corrected chi connectivity index (χ0v) is 21.4. The summed E-state index contributed by atoms with van der Waals surface area (Å²) in [5.41, 5.74) is 5.83. The Morgan fingerprint density at radius 1 is 1.18 bits per heavy atom. The second kappa shape index (κ2) is 11.4. The Bertz CT molecular complexity index is 1300. The zero-order chi connectivity index (χ0) is 27.4. The number of benzene rings is 2. The first-order chi connectivity index (χ1) is 18.0. The molecule has 3 N–H and O–H groups in total. The van der Waals surface area contributed by atoms with Crippen LogP contribution in [0, 0.1) is 5.92 Å². The van der Waals surface area contributed by atoms with Gasteiger partial charge >= 0.3 is 6.18 Å². The standard InChI is InChI=1S/C26H27ClF3N5O3/c1-34-23(21(27)15-32-34)20-14-19(33-25(37)17-3-2-4-18(13-17)26(28,29)30)5-6-22(20)38-12-11-35-9-7-16(8-10-35)24(31)36/h2-6,13-16H,7-12H2,1H3,(H2,31,36)(H,33,37). The molecule has 8 nitrogen and oxygen atoms in total. The molecule has 1 aliphatic rings. The van der Waals surface area contributed by atoms with E-state index in [1.54, 1.807) is 29.9 Å². The number of ether oxygens (including phenoxy) is 1. The number of carbonyl (C=O) groups is 2. The van der Waals surface area contributed by atoms with Crippen LogP contribution in [0.15, 0.2) is 48.7 Å². The van der Waals surface area contributed by atoms with Crippen molar-refractivity contribution in [3.63, 3.8) is 0 Å².